The molecule has 0 saturated carbocycles. The molecule has 5 heteroatoms. The SMILES string of the molecule is Nc1ccc(Cl)cc1NC(=O)C1CCCc2sccc21. The number of aryl methyl sites for hydroxylation is 1. The maximum atomic E-state index is 12.5. The largest absolute Gasteiger partial charge is 0.397 e. The van der Waals surface area contributed by atoms with Crippen LogP contribution in [-0.4, -0.2) is 5.91 Å². The first-order valence-electron chi connectivity index (χ1n) is 6.57. The summed E-state index contributed by atoms with van der Waals surface area (Å²) in [6, 6.07) is 7.16. The van der Waals surface area contributed by atoms with Gasteiger partial charge in [-0.2, -0.15) is 0 Å². The molecular weight excluding hydrogens is 292 g/mol. The maximum absolute atomic E-state index is 12.5. The average molecular weight is 307 g/mol. The van der Waals surface area contributed by atoms with Gasteiger partial charge in [0.1, 0.15) is 0 Å². The molecule has 1 heterocycles. The number of hydrogen-bond acceptors (Lipinski definition) is 3. The number of nitrogens with two attached hydrogens (primary N) is 1. The minimum atomic E-state index is -0.0802. The predicted molar refractivity (Wildman–Crippen MR) is 84.5 cm³/mol. The van der Waals surface area contributed by atoms with E-state index in [1.54, 1.807) is 29.5 Å². The number of halogens is 1. The van der Waals surface area contributed by atoms with Crippen LogP contribution in [0.1, 0.15) is 29.2 Å². The van der Waals surface area contributed by atoms with Crippen LogP contribution in [0.15, 0.2) is 29.6 Å². The Labute approximate surface area is 126 Å². The molecule has 0 saturated heterocycles. The summed E-state index contributed by atoms with van der Waals surface area (Å²) in [5.74, 6) is -0.0818. The summed E-state index contributed by atoms with van der Waals surface area (Å²) in [5.41, 5.74) is 8.16. The summed E-state index contributed by atoms with van der Waals surface area (Å²) in [6.45, 7) is 0. The molecule has 1 aromatic carbocycles. The number of carbonyl (C=O) groups is 1. The third-order valence-corrected chi connectivity index (χ3v) is 4.87. The van der Waals surface area contributed by atoms with Gasteiger partial charge in [0.05, 0.1) is 17.3 Å². The fraction of sp³-hybridized carbons (Fsp3) is 0.267. The first-order valence-corrected chi connectivity index (χ1v) is 7.83. The van der Waals surface area contributed by atoms with Crippen molar-refractivity contribution >= 4 is 40.2 Å². The number of anilines is 2. The highest BCUT2D eigenvalue weighted by Crippen LogP contribution is 2.36. The van der Waals surface area contributed by atoms with Crippen molar-refractivity contribution in [1.82, 2.24) is 0 Å². The molecule has 1 atom stereocenters. The van der Waals surface area contributed by atoms with Crippen LogP contribution in [0.25, 0.3) is 0 Å². The zero-order chi connectivity index (χ0) is 14.1. The van der Waals surface area contributed by atoms with E-state index in [0.29, 0.717) is 16.4 Å². The minimum absolute atomic E-state index is 0.00156. The van der Waals surface area contributed by atoms with Crippen LogP contribution in [0.4, 0.5) is 11.4 Å². The van der Waals surface area contributed by atoms with E-state index in [0.717, 1.165) is 19.3 Å². The number of nitrogen functional groups attached to an aromatic ring is 1. The summed E-state index contributed by atoms with van der Waals surface area (Å²) in [7, 11) is 0. The smallest absolute Gasteiger partial charge is 0.232 e. The lowest BCUT2D eigenvalue weighted by Crippen LogP contribution is -2.24. The van der Waals surface area contributed by atoms with E-state index in [1.165, 1.54) is 10.4 Å². The molecule has 1 aliphatic carbocycles. The van der Waals surface area contributed by atoms with Crippen molar-refractivity contribution in [2.45, 2.75) is 25.2 Å². The molecule has 0 spiro atoms. The van der Waals surface area contributed by atoms with E-state index >= 15 is 0 Å². The van der Waals surface area contributed by atoms with Gasteiger partial charge in [0, 0.05) is 9.90 Å². The van der Waals surface area contributed by atoms with Gasteiger partial charge >= 0.3 is 0 Å². The van der Waals surface area contributed by atoms with E-state index in [-0.39, 0.29) is 11.8 Å². The summed E-state index contributed by atoms with van der Waals surface area (Å²) in [4.78, 5) is 13.8. The van der Waals surface area contributed by atoms with E-state index in [9.17, 15) is 4.79 Å². The molecule has 3 nitrogen and oxygen atoms in total. The predicted octanol–water partition coefficient (Wildman–Crippen LogP) is 4.04. The second-order valence-corrected chi connectivity index (χ2v) is 6.40. The van der Waals surface area contributed by atoms with Gasteiger partial charge in [0.15, 0.2) is 0 Å². The normalized spacial score (nSPS) is 17.6. The maximum Gasteiger partial charge on any atom is 0.232 e. The Hall–Kier alpha value is -1.52. The van der Waals surface area contributed by atoms with E-state index in [4.69, 9.17) is 17.3 Å². The number of fused-ring (bicyclic) bond motifs is 1. The number of benzene rings is 1. The van der Waals surface area contributed by atoms with Crippen molar-refractivity contribution in [3.8, 4) is 0 Å². The summed E-state index contributed by atoms with van der Waals surface area (Å²) in [5, 5.41) is 5.53. The number of nitrogens with one attached hydrogen (secondary N) is 1. The second-order valence-electron chi connectivity index (χ2n) is 4.96. The van der Waals surface area contributed by atoms with Gasteiger partial charge in [0.2, 0.25) is 5.91 Å². The van der Waals surface area contributed by atoms with Gasteiger partial charge in [0.25, 0.3) is 0 Å². The van der Waals surface area contributed by atoms with Gasteiger partial charge in [-0.15, -0.1) is 11.3 Å². The van der Waals surface area contributed by atoms with E-state index in [1.807, 2.05) is 0 Å². The highest BCUT2D eigenvalue weighted by Gasteiger charge is 2.27. The highest BCUT2D eigenvalue weighted by atomic mass is 35.5. The zero-order valence-electron chi connectivity index (χ0n) is 10.9. The monoisotopic (exact) mass is 306 g/mol. The average Bonchev–Trinajstić information content (AvgIpc) is 2.91. The number of thiophene rings is 1. The van der Waals surface area contributed by atoms with Crippen LogP contribution < -0.4 is 11.1 Å². The lowest BCUT2D eigenvalue weighted by atomic mass is 9.87. The van der Waals surface area contributed by atoms with Gasteiger partial charge in [-0.3, -0.25) is 4.79 Å². The van der Waals surface area contributed by atoms with Crippen LogP contribution in [-0.2, 0) is 11.2 Å². The minimum Gasteiger partial charge on any atom is -0.397 e. The lowest BCUT2D eigenvalue weighted by molar-refractivity contribution is -0.117. The summed E-state index contributed by atoms with van der Waals surface area (Å²) < 4.78 is 0. The Kier molecular flexibility index (Phi) is 3.68. The molecule has 1 unspecified atom stereocenters. The molecule has 1 aliphatic rings. The first kappa shape index (κ1) is 13.5. The van der Waals surface area contributed by atoms with Crippen molar-refractivity contribution in [2.24, 2.45) is 0 Å². The first-order chi connectivity index (χ1) is 9.65. The van der Waals surface area contributed by atoms with Crippen molar-refractivity contribution in [1.29, 1.82) is 0 Å². The van der Waals surface area contributed by atoms with Gasteiger partial charge in [-0.05, 0) is 54.5 Å². The number of rotatable bonds is 2. The fourth-order valence-corrected chi connectivity index (χ4v) is 3.77. The van der Waals surface area contributed by atoms with Crippen molar-refractivity contribution in [2.75, 3.05) is 11.1 Å². The molecule has 0 aliphatic heterocycles. The van der Waals surface area contributed by atoms with Gasteiger partial charge in [-0.25, -0.2) is 0 Å². The standard InChI is InChI=1S/C15H15ClN2OS/c16-9-4-5-12(17)13(8-9)18-15(19)11-2-1-3-14-10(11)6-7-20-14/h4-8,11H,1-3,17H2,(H,18,19). The number of carbonyl (C=O) groups excluding carboxylic acids is 1. The molecule has 104 valence electrons. The van der Waals surface area contributed by atoms with Crippen LogP contribution in [0.2, 0.25) is 5.02 Å². The Morgan fingerprint density at radius 2 is 2.25 bits per heavy atom. The van der Waals surface area contributed by atoms with E-state index in [2.05, 4.69) is 16.8 Å². The Bertz CT molecular complexity index is 653. The second kappa shape index (κ2) is 5.46. The molecule has 3 rings (SSSR count). The molecule has 0 radical (unpaired) electrons. The fourth-order valence-electron chi connectivity index (χ4n) is 2.62. The quantitative estimate of drug-likeness (QED) is 0.823. The number of amides is 1. The topological polar surface area (TPSA) is 55.1 Å². The Morgan fingerprint density at radius 3 is 3.10 bits per heavy atom. The Balaban J connectivity index is 1.83. The van der Waals surface area contributed by atoms with E-state index < -0.39 is 0 Å². The third-order valence-electron chi connectivity index (χ3n) is 3.64. The van der Waals surface area contributed by atoms with Crippen LogP contribution in [0, 0.1) is 0 Å². The third kappa shape index (κ3) is 2.53. The zero-order valence-corrected chi connectivity index (χ0v) is 12.4. The van der Waals surface area contributed by atoms with Crippen LogP contribution in [0.3, 0.4) is 0 Å². The highest BCUT2D eigenvalue weighted by molar-refractivity contribution is 7.10. The Morgan fingerprint density at radius 1 is 1.40 bits per heavy atom. The van der Waals surface area contributed by atoms with Crippen LogP contribution >= 0.6 is 22.9 Å². The van der Waals surface area contributed by atoms with Crippen LogP contribution in [0.5, 0.6) is 0 Å². The molecule has 1 aromatic heterocycles. The molecular formula is C15H15ClN2OS. The molecule has 2 aromatic rings. The summed E-state index contributed by atoms with van der Waals surface area (Å²) in [6.07, 6.45) is 3.02. The lowest BCUT2D eigenvalue weighted by Gasteiger charge is -2.22. The molecule has 20 heavy (non-hydrogen) atoms. The summed E-state index contributed by atoms with van der Waals surface area (Å²) >= 11 is 7.68. The van der Waals surface area contributed by atoms with Crippen molar-refractivity contribution < 1.29 is 4.79 Å². The molecule has 0 bridgehead atoms. The number of hydrogen-bond donors (Lipinski definition) is 2. The molecule has 0 fully saturated rings. The molecule has 1 amide bonds. The van der Waals surface area contributed by atoms with Gasteiger partial charge in [-0.1, -0.05) is 11.6 Å². The van der Waals surface area contributed by atoms with Crippen molar-refractivity contribution in [3.63, 3.8) is 0 Å². The van der Waals surface area contributed by atoms with Crippen molar-refractivity contribution in [3.05, 3.63) is 45.1 Å². The molecule has 3 N–H and O–H groups in total. The van der Waals surface area contributed by atoms with Gasteiger partial charge < -0.3 is 11.1 Å².